The van der Waals surface area contributed by atoms with E-state index in [4.69, 9.17) is 11.6 Å². The molecule has 1 nitrogen and oxygen atoms in total. The van der Waals surface area contributed by atoms with Gasteiger partial charge in [0.1, 0.15) is 5.82 Å². The largest absolute Gasteiger partial charge is 0.310 e. The Labute approximate surface area is 129 Å². The molecular formula is C15H22BrClFN. The zero-order chi connectivity index (χ0) is 14.3. The minimum Gasteiger partial charge on any atom is -0.310 e. The van der Waals surface area contributed by atoms with E-state index >= 15 is 0 Å². The summed E-state index contributed by atoms with van der Waals surface area (Å²) in [5.74, 6) is -0.197. The van der Waals surface area contributed by atoms with Gasteiger partial charge in [-0.05, 0) is 41.0 Å². The van der Waals surface area contributed by atoms with Crippen LogP contribution in [0.2, 0.25) is 5.02 Å². The first-order chi connectivity index (χ1) is 9.10. The van der Waals surface area contributed by atoms with Gasteiger partial charge in [0.05, 0.1) is 5.02 Å². The number of hydrogen-bond donors (Lipinski definition) is 1. The summed E-state index contributed by atoms with van der Waals surface area (Å²) >= 11 is 9.32. The number of nitrogens with one attached hydrogen (secondary N) is 1. The maximum Gasteiger partial charge on any atom is 0.129 e. The molecule has 1 rings (SSSR count). The molecule has 0 aliphatic carbocycles. The van der Waals surface area contributed by atoms with Crippen molar-refractivity contribution in [3.05, 3.63) is 33.0 Å². The van der Waals surface area contributed by atoms with E-state index in [1.807, 2.05) is 6.92 Å². The Hall–Kier alpha value is -0.120. The topological polar surface area (TPSA) is 12.0 Å². The molecule has 0 aliphatic rings. The predicted octanol–water partition coefficient (Wildman–Crippen LogP) is 5.86. The number of halogens is 3. The molecular weight excluding hydrogens is 329 g/mol. The summed E-state index contributed by atoms with van der Waals surface area (Å²) in [7, 11) is 0. The van der Waals surface area contributed by atoms with Crippen molar-refractivity contribution in [2.45, 2.75) is 52.0 Å². The first-order valence-corrected chi connectivity index (χ1v) is 8.15. The van der Waals surface area contributed by atoms with E-state index in [1.165, 1.54) is 25.3 Å². The SMILES string of the molecule is CCCCCCC(NCC)c1cc(Cl)c(Br)cc1F. The van der Waals surface area contributed by atoms with Gasteiger partial charge in [-0.25, -0.2) is 4.39 Å². The summed E-state index contributed by atoms with van der Waals surface area (Å²) in [5.41, 5.74) is 0.673. The van der Waals surface area contributed by atoms with Crippen LogP contribution in [0, 0.1) is 5.82 Å². The molecule has 19 heavy (non-hydrogen) atoms. The molecule has 1 N–H and O–H groups in total. The minimum atomic E-state index is -0.197. The van der Waals surface area contributed by atoms with Crippen molar-refractivity contribution in [2.24, 2.45) is 0 Å². The van der Waals surface area contributed by atoms with E-state index in [-0.39, 0.29) is 11.9 Å². The van der Waals surface area contributed by atoms with Crippen LogP contribution in [0.1, 0.15) is 57.6 Å². The van der Waals surface area contributed by atoms with E-state index in [0.717, 1.165) is 19.4 Å². The van der Waals surface area contributed by atoms with Crippen LogP contribution >= 0.6 is 27.5 Å². The van der Waals surface area contributed by atoms with Crippen LogP contribution in [0.15, 0.2) is 16.6 Å². The zero-order valence-electron chi connectivity index (χ0n) is 11.6. The van der Waals surface area contributed by atoms with Gasteiger partial charge in [0.2, 0.25) is 0 Å². The third-order valence-electron chi connectivity index (χ3n) is 3.21. The highest BCUT2D eigenvalue weighted by atomic mass is 79.9. The molecule has 0 bridgehead atoms. The van der Waals surface area contributed by atoms with E-state index in [0.29, 0.717) is 15.1 Å². The van der Waals surface area contributed by atoms with Crippen LogP contribution in [-0.4, -0.2) is 6.54 Å². The van der Waals surface area contributed by atoms with Crippen molar-refractivity contribution in [2.75, 3.05) is 6.54 Å². The van der Waals surface area contributed by atoms with Gasteiger partial charge in [-0.3, -0.25) is 0 Å². The molecule has 4 heteroatoms. The molecule has 0 aromatic heterocycles. The molecule has 108 valence electrons. The molecule has 0 spiro atoms. The lowest BCUT2D eigenvalue weighted by Gasteiger charge is -2.19. The van der Waals surface area contributed by atoms with Crippen LogP contribution in [0.3, 0.4) is 0 Å². The second kappa shape index (κ2) is 8.93. The Morgan fingerprint density at radius 2 is 2.00 bits per heavy atom. The molecule has 0 aliphatic heterocycles. The fourth-order valence-corrected chi connectivity index (χ4v) is 2.68. The van der Waals surface area contributed by atoms with Crippen LogP contribution in [0.5, 0.6) is 0 Å². The quantitative estimate of drug-likeness (QED) is 0.457. The first-order valence-electron chi connectivity index (χ1n) is 6.98. The van der Waals surface area contributed by atoms with Gasteiger partial charge in [0, 0.05) is 16.1 Å². The maximum atomic E-state index is 14.1. The maximum absolute atomic E-state index is 14.1. The summed E-state index contributed by atoms with van der Waals surface area (Å²) < 4.78 is 14.7. The Morgan fingerprint density at radius 1 is 1.26 bits per heavy atom. The van der Waals surface area contributed by atoms with Crippen LogP contribution in [0.4, 0.5) is 4.39 Å². The van der Waals surface area contributed by atoms with Crippen molar-refractivity contribution in [3.8, 4) is 0 Å². The lowest BCUT2D eigenvalue weighted by atomic mass is 9.99. The summed E-state index contributed by atoms with van der Waals surface area (Å²) in [6, 6.07) is 3.23. The molecule has 1 aromatic carbocycles. The lowest BCUT2D eigenvalue weighted by molar-refractivity contribution is 0.461. The van der Waals surface area contributed by atoms with Gasteiger partial charge >= 0.3 is 0 Å². The second-order valence-corrected chi connectivity index (χ2v) is 6.01. The monoisotopic (exact) mass is 349 g/mol. The Bertz CT molecular complexity index is 398. The normalized spacial score (nSPS) is 12.7. The molecule has 0 amide bonds. The number of hydrogen-bond acceptors (Lipinski definition) is 1. The van der Waals surface area contributed by atoms with E-state index in [9.17, 15) is 4.39 Å². The molecule has 1 aromatic rings. The third-order valence-corrected chi connectivity index (χ3v) is 4.41. The molecule has 1 unspecified atom stereocenters. The van der Waals surface area contributed by atoms with Gasteiger partial charge in [0.15, 0.2) is 0 Å². The van der Waals surface area contributed by atoms with E-state index in [1.54, 1.807) is 6.07 Å². The Kier molecular flexibility index (Phi) is 7.96. The van der Waals surface area contributed by atoms with Gasteiger partial charge in [-0.2, -0.15) is 0 Å². The van der Waals surface area contributed by atoms with Gasteiger partial charge in [0.25, 0.3) is 0 Å². The van der Waals surface area contributed by atoms with Crippen LogP contribution in [-0.2, 0) is 0 Å². The Morgan fingerprint density at radius 3 is 2.63 bits per heavy atom. The average Bonchev–Trinajstić information content (AvgIpc) is 2.38. The number of unbranched alkanes of at least 4 members (excludes halogenated alkanes) is 3. The Balaban J connectivity index is 2.77. The second-order valence-electron chi connectivity index (χ2n) is 4.75. The summed E-state index contributed by atoms with van der Waals surface area (Å²) in [6.07, 6.45) is 5.71. The lowest BCUT2D eigenvalue weighted by Crippen LogP contribution is -2.22. The van der Waals surface area contributed by atoms with E-state index in [2.05, 4.69) is 28.2 Å². The molecule has 0 saturated carbocycles. The highest BCUT2D eigenvalue weighted by Gasteiger charge is 2.16. The van der Waals surface area contributed by atoms with Crippen molar-refractivity contribution in [1.29, 1.82) is 0 Å². The first kappa shape index (κ1) is 16.9. The number of benzene rings is 1. The average molecular weight is 351 g/mol. The molecule has 0 fully saturated rings. The zero-order valence-corrected chi connectivity index (χ0v) is 14.0. The standard InChI is InChI=1S/C15H22BrClFN/c1-3-5-6-7-8-15(19-4-2)11-9-13(17)12(16)10-14(11)18/h9-10,15,19H,3-8H2,1-2H3. The fourth-order valence-electron chi connectivity index (χ4n) is 2.19. The minimum absolute atomic E-state index is 0.0486. The smallest absolute Gasteiger partial charge is 0.129 e. The summed E-state index contributed by atoms with van der Waals surface area (Å²) in [4.78, 5) is 0. The molecule has 0 saturated heterocycles. The molecule has 0 radical (unpaired) electrons. The van der Waals surface area contributed by atoms with Crippen molar-refractivity contribution in [3.63, 3.8) is 0 Å². The highest BCUT2D eigenvalue weighted by molar-refractivity contribution is 9.10. The summed E-state index contributed by atoms with van der Waals surface area (Å²) in [5, 5.41) is 3.91. The van der Waals surface area contributed by atoms with Crippen molar-refractivity contribution >= 4 is 27.5 Å². The summed E-state index contributed by atoms with van der Waals surface area (Å²) in [6.45, 7) is 5.05. The highest BCUT2D eigenvalue weighted by Crippen LogP contribution is 2.30. The van der Waals surface area contributed by atoms with E-state index < -0.39 is 0 Å². The van der Waals surface area contributed by atoms with Gasteiger partial charge < -0.3 is 5.32 Å². The van der Waals surface area contributed by atoms with Gasteiger partial charge in [-0.15, -0.1) is 0 Å². The van der Waals surface area contributed by atoms with Crippen LogP contribution in [0.25, 0.3) is 0 Å². The molecule has 1 atom stereocenters. The van der Waals surface area contributed by atoms with Crippen LogP contribution < -0.4 is 5.32 Å². The third kappa shape index (κ3) is 5.41. The van der Waals surface area contributed by atoms with Gasteiger partial charge in [-0.1, -0.05) is 51.1 Å². The van der Waals surface area contributed by atoms with Crippen molar-refractivity contribution in [1.82, 2.24) is 5.32 Å². The molecule has 0 heterocycles. The fraction of sp³-hybridized carbons (Fsp3) is 0.600. The number of rotatable bonds is 8. The van der Waals surface area contributed by atoms with Crippen molar-refractivity contribution < 1.29 is 4.39 Å². The predicted molar refractivity (Wildman–Crippen MR) is 84.3 cm³/mol.